The Morgan fingerprint density at radius 3 is 2.57 bits per heavy atom. The first-order valence-electron chi connectivity index (χ1n) is 6.16. The molecule has 9 heteroatoms. The van der Waals surface area contributed by atoms with Crippen molar-refractivity contribution in [2.75, 3.05) is 20.2 Å². The fourth-order valence-electron chi connectivity index (χ4n) is 1.49. The Bertz CT molecular complexity index is 619. The fraction of sp³-hybridized carbons (Fsp3) is 0.500. The van der Waals surface area contributed by atoms with Gasteiger partial charge in [-0.15, -0.1) is 0 Å². The number of carbonyl (C=O) groups excluding carboxylic acids is 1. The number of furan rings is 1. The first kappa shape index (κ1) is 17.2. The number of carbonyl (C=O) groups is 2. The van der Waals surface area contributed by atoms with Gasteiger partial charge in [-0.05, 0) is 19.1 Å². The maximum atomic E-state index is 12.2. The first-order valence-corrected chi connectivity index (χ1v) is 7.60. The molecule has 0 bridgehead atoms. The summed E-state index contributed by atoms with van der Waals surface area (Å²) in [4.78, 5) is 22.2. The zero-order valence-corrected chi connectivity index (χ0v) is 12.7. The lowest BCUT2D eigenvalue weighted by Crippen LogP contribution is -2.33. The fourth-order valence-corrected chi connectivity index (χ4v) is 2.65. The van der Waals surface area contributed by atoms with Crippen LogP contribution in [0.25, 0.3) is 0 Å². The van der Waals surface area contributed by atoms with E-state index < -0.39 is 33.0 Å². The Hall–Kier alpha value is -1.87. The largest absolute Gasteiger partial charge is 0.481 e. The highest BCUT2D eigenvalue weighted by Gasteiger charge is 2.28. The minimum absolute atomic E-state index is 0.137. The topological polar surface area (TPSA) is 114 Å². The Morgan fingerprint density at radius 1 is 1.43 bits per heavy atom. The third-order valence-corrected chi connectivity index (χ3v) is 4.37. The van der Waals surface area contributed by atoms with Crippen molar-refractivity contribution in [3.8, 4) is 0 Å². The van der Waals surface area contributed by atoms with Gasteiger partial charge in [-0.25, -0.2) is 13.2 Å². The summed E-state index contributed by atoms with van der Waals surface area (Å²) in [5.41, 5.74) is 0. The van der Waals surface area contributed by atoms with Crippen LogP contribution < -0.4 is 0 Å². The lowest BCUT2D eigenvalue weighted by molar-refractivity contribution is -0.141. The molecule has 0 aromatic carbocycles. The third-order valence-electron chi connectivity index (χ3n) is 2.68. The van der Waals surface area contributed by atoms with Crippen molar-refractivity contribution >= 4 is 22.0 Å². The summed E-state index contributed by atoms with van der Waals surface area (Å²) in [6.07, 6.45) is 0. The van der Waals surface area contributed by atoms with Crippen LogP contribution in [0.2, 0.25) is 0 Å². The quantitative estimate of drug-likeness (QED) is 0.739. The molecule has 0 aliphatic rings. The van der Waals surface area contributed by atoms with Gasteiger partial charge in [-0.1, -0.05) is 6.92 Å². The van der Waals surface area contributed by atoms with E-state index in [1.165, 1.54) is 20.0 Å². The van der Waals surface area contributed by atoms with Crippen LogP contribution in [0.4, 0.5) is 0 Å². The summed E-state index contributed by atoms with van der Waals surface area (Å²) >= 11 is 0. The van der Waals surface area contributed by atoms with Gasteiger partial charge in [-0.3, -0.25) is 4.79 Å². The minimum atomic E-state index is -4.00. The Balaban J connectivity index is 2.93. The van der Waals surface area contributed by atoms with Crippen molar-refractivity contribution in [2.24, 2.45) is 5.92 Å². The molecule has 0 saturated carbocycles. The van der Waals surface area contributed by atoms with Crippen LogP contribution in [0.3, 0.4) is 0 Å². The van der Waals surface area contributed by atoms with Gasteiger partial charge in [0.05, 0.1) is 12.5 Å². The van der Waals surface area contributed by atoms with Crippen LogP contribution in [0.5, 0.6) is 0 Å². The van der Waals surface area contributed by atoms with E-state index in [9.17, 15) is 18.0 Å². The van der Waals surface area contributed by atoms with E-state index in [4.69, 9.17) is 14.3 Å². The zero-order chi connectivity index (χ0) is 16.2. The van der Waals surface area contributed by atoms with Crippen molar-refractivity contribution in [3.05, 3.63) is 17.9 Å². The molecule has 1 aromatic heterocycles. The molecule has 1 unspecified atom stereocenters. The molecular formula is C12H17NO7S. The second kappa shape index (κ2) is 6.72. The number of nitrogens with zero attached hydrogens (tertiary/aromatic N) is 1. The molecule has 0 saturated heterocycles. The molecule has 0 radical (unpaired) electrons. The average Bonchev–Trinajstić information content (AvgIpc) is 2.88. The maximum absolute atomic E-state index is 12.2. The average molecular weight is 319 g/mol. The molecular weight excluding hydrogens is 302 g/mol. The number of hydrogen-bond donors (Lipinski definition) is 1. The smallest absolute Gasteiger partial charge is 0.374 e. The lowest BCUT2D eigenvalue weighted by atomic mass is 10.2. The summed E-state index contributed by atoms with van der Waals surface area (Å²) in [7, 11) is -2.76. The molecule has 0 fully saturated rings. The number of aliphatic carboxylic acids is 1. The van der Waals surface area contributed by atoms with Crippen LogP contribution in [-0.4, -0.2) is 50.0 Å². The first-order chi connectivity index (χ1) is 9.70. The molecule has 0 aliphatic heterocycles. The molecule has 1 aromatic rings. The number of sulfonamides is 1. The molecule has 1 N–H and O–H groups in total. The normalized spacial score (nSPS) is 13.1. The molecule has 0 aliphatic carbocycles. The van der Waals surface area contributed by atoms with E-state index in [-0.39, 0.29) is 18.9 Å². The van der Waals surface area contributed by atoms with Crippen LogP contribution in [0, 0.1) is 5.92 Å². The standard InChI is InChI=1S/C12H17NO7S/c1-4-19-12(16)9-5-6-10(20-9)21(17,18)13(3)7-8(2)11(14)15/h5-6,8H,4,7H2,1-3H3,(H,14,15). The molecule has 1 atom stereocenters. The second-order valence-electron chi connectivity index (χ2n) is 4.36. The van der Waals surface area contributed by atoms with Crippen LogP contribution in [-0.2, 0) is 19.6 Å². The summed E-state index contributed by atoms with van der Waals surface area (Å²) in [5, 5.41) is 8.36. The molecule has 118 valence electrons. The molecule has 0 amide bonds. The number of carboxylic acid groups (broad SMARTS) is 1. The number of ether oxygens (including phenoxy) is 1. The van der Waals surface area contributed by atoms with Gasteiger partial charge < -0.3 is 14.3 Å². The highest BCUT2D eigenvalue weighted by Crippen LogP contribution is 2.19. The van der Waals surface area contributed by atoms with Crippen molar-refractivity contribution in [1.82, 2.24) is 4.31 Å². The number of carboxylic acids is 1. The van der Waals surface area contributed by atoms with Crippen molar-refractivity contribution in [2.45, 2.75) is 18.9 Å². The molecule has 1 rings (SSSR count). The monoisotopic (exact) mass is 319 g/mol. The Kier molecular flexibility index (Phi) is 5.50. The predicted molar refractivity (Wildman–Crippen MR) is 71.3 cm³/mol. The van der Waals surface area contributed by atoms with E-state index in [1.807, 2.05) is 0 Å². The van der Waals surface area contributed by atoms with E-state index in [2.05, 4.69) is 0 Å². The summed E-state index contributed by atoms with van der Waals surface area (Å²) < 4.78 is 34.9. The summed E-state index contributed by atoms with van der Waals surface area (Å²) in [5.74, 6) is -2.97. The molecule has 1 heterocycles. The number of hydrogen-bond acceptors (Lipinski definition) is 6. The maximum Gasteiger partial charge on any atom is 0.374 e. The Morgan fingerprint density at radius 2 is 2.05 bits per heavy atom. The van der Waals surface area contributed by atoms with Gasteiger partial charge in [0, 0.05) is 13.6 Å². The van der Waals surface area contributed by atoms with E-state index in [1.54, 1.807) is 6.92 Å². The Labute approximate surface area is 122 Å². The second-order valence-corrected chi connectivity index (χ2v) is 6.34. The summed E-state index contributed by atoms with van der Waals surface area (Å²) in [6, 6.07) is 2.32. The van der Waals surface area contributed by atoms with Gasteiger partial charge >= 0.3 is 11.9 Å². The van der Waals surface area contributed by atoms with Crippen molar-refractivity contribution in [3.63, 3.8) is 0 Å². The zero-order valence-electron chi connectivity index (χ0n) is 11.9. The highest BCUT2D eigenvalue weighted by molar-refractivity contribution is 7.89. The number of esters is 1. The SMILES string of the molecule is CCOC(=O)c1ccc(S(=O)(=O)N(C)CC(C)C(=O)O)o1. The lowest BCUT2D eigenvalue weighted by Gasteiger charge is -2.17. The van der Waals surface area contributed by atoms with E-state index in [0.29, 0.717) is 0 Å². The van der Waals surface area contributed by atoms with Crippen LogP contribution in [0.15, 0.2) is 21.6 Å². The van der Waals surface area contributed by atoms with Crippen molar-refractivity contribution < 1.29 is 32.3 Å². The van der Waals surface area contributed by atoms with Gasteiger partial charge in [0.15, 0.2) is 0 Å². The summed E-state index contributed by atoms with van der Waals surface area (Å²) in [6.45, 7) is 2.92. The minimum Gasteiger partial charge on any atom is -0.481 e. The van der Waals surface area contributed by atoms with Crippen LogP contribution >= 0.6 is 0 Å². The van der Waals surface area contributed by atoms with Gasteiger partial charge in [0.25, 0.3) is 10.0 Å². The number of rotatable bonds is 7. The van der Waals surface area contributed by atoms with E-state index >= 15 is 0 Å². The molecule has 21 heavy (non-hydrogen) atoms. The van der Waals surface area contributed by atoms with Gasteiger partial charge in [0.2, 0.25) is 10.9 Å². The predicted octanol–water partition coefficient (Wildman–Crippen LogP) is 0.798. The van der Waals surface area contributed by atoms with Crippen LogP contribution in [0.1, 0.15) is 24.4 Å². The third kappa shape index (κ3) is 4.05. The van der Waals surface area contributed by atoms with E-state index in [0.717, 1.165) is 10.4 Å². The highest BCUT2D eigenvalue weighted by atomic mass is 32.2. The molecule has 8 nitrogen and oxygen atoms in total. The molecule has 0 spiro atoms. The van der Waals surface area contributed by atoms with Crippen molar-refractivity contribution in [1.29, 1.82) is 0 Å². The van der Waals surface area contributed by atoms with Gasteiger partial charge in [0.1, 0.15) is 0 Å². The van der Waals surface area contributed by atoms with Gasteiger partial charge in [-0.2, -0.15) is 4.31 Å².